The number of nitrogens with one attached hydrogen (secondary N) is 2. The van der Waals surface area contributed by atoms with Gasteiger partial charge in [-0.25, -0.2) is 4.39 Å². The highest BCUT2D eigenvalue weighted by Crippen LogP contribution is 2.11. The smallest absolute Gasteiger partial charge is 0.164 e. The maximum Gasteiger partial charge on any atom is 0.164 e. The normalized spacial score (nSPS) is 10.1. The third-order valence-electron chi connectivity index (χ3n) is 2.01. The Labute approximate surface area is 81.8 Å². The molecule has 0 bridgehead atoms. The second kappa shape index (κ2) is 3.96. The van der Waals surface area contributed by atoms with Crippen LogP contribution in [0.15, 0.2) is 42.6 Å². The standard InChI is InChI=1S/C11H11FN2/c12-10-6-7-13-11(10)14-8-9-4-2-1-3-5-9/h1-7,13-14H,8H2. The Hall–Kier alpha value is -1.77. The molecule has 3 heteroatoms. The Morgan fingerprint density at radius 1 is 1.14 bits per heavy atom. The summed E-state index contributed by atoms with van der Waals surface area (Å²) in [5.41, 5.74) is 1.13. The van der Waals surface area contributed by atoms with E-state index in [9.17, 15) is 4.39 Å². The van der Waals surface area contributed by atoms with Crippen LogP contribution in [0.4, 0.5) is 10.2 Å². The molecule has 0 aliphatic heterocycles. The van der Waals surface area contributed by atoms with Gasteiger partial charge in [-0.1, -0.05) is 30.3 Å². The van der Waals surface area contributed by atoms with E-state index in [1.165, 1.54) is 6.07 Å². The summed E-state index contributed by atoms with van der Waals surface area (Å²) < 4.78 is 13.0. The van der Waals surface area contributed by atoms with Crippen LogP contribution in [0.3, 0.4) is 0 Å². The fourth-order valence-corrected chi connectivity index (χ4v) is 1.27. The highest BCUT2D eigenvalue weighted by Gasteiger charge is 2.00. The van der Waals surface area contributed by atoms with Gasteiger partial charge in [0.1, 0.15) is 5.82 Å². The van der Waals surface area contributed by atoms with E-state index in [2.05, 4.69) is 10.3 Å². The van der Waals surface area contributed by atoms with E-state index < -0.39 is 0 Å². The minimum Gasteiger partial charge on any atom is -0.365 e. The van der Waals surface area contributed by atoms with Crippen molar-refractivity contribution in [3.63, 3.8) is 0 Å². The summed E-state index contributed by atoms with van der Waals surface area (Å²) in [5.74, 6) is 0.190. The number of hydrogen-bond acceptors (Lipinski definition) is 1. The fourth-order valence-electron chi connectivity index (χ4n) is 1.27. The van der Waals surface area contributed by atoms with Crippen molar-refractivity contribution in [2.45, 2.75) is 6.54 Å². The molecule has 0 spiro atoms. The molecule has 1 heterocycles. The summed E-state index contributed by atoms with van der Waals surface area (Å²) >= 11 is 0. The lowest BCUT2D eigenvalue weighted by Crippen LogP contribution is -2.00. The quantitative estimate of drug-likeness (QED) is 0.765. The Morgan fingerprint density at radius 2 is 1.93 bits per heavy atom. The Kier molecular flexibility index (Phi) is 2.49. The van der Waals surface area contributed by atoms with E-state index in [0.717, 1.165) is 5.56 Å². The van der Waals surface area contributed by atoms with Crippen molar-refractivity contribution in [3.05, 3.63) is 54.0 Å². The fraction of sp³-hybridized carbons (Fsp3) is 0.0909. The topological polar surface area (TPSA) is 27.8 Å². The first-order valence-electron chi connectivity index (χ1n) is 4.47. The zero-order valence-electron chi connectivity index (χ0n) is 7.63. The lowest BCUT2D eigenvalue weighted by molar-refractivity contribution is 0.632. The molecule has 1 aromatic carbocycles. The molecular formula is C11H11FN2. The van der Waals surface area contributed by atoms with E-state index >= 15 is 0 Å². The highest BCUT2D eigenvalue weighted by atomic mass is 19.1. The molecule has 1 aromatic heterocycles. The zero-order valence-corrected chi connectivity index (χ0v) is 7.63. The Bertz CT molecular complexity index is 395. The molecule has 2 nitrogen and oxygen atoms in total. The third-order valence-corrected chi connectivity index (χ3v) is 2.01. The predicted octanol–water partition coefficient (Wildman–Crippen LogP) is 2.77. The van der Waals surface area contributed by atoms with E-state index in [0.29, 0.717) is 12.4 Å². The van der Waals surface area contributed by atoms with Gasteiger partial charge in [0, 0.05) is 12.7 Å². The van der Waals surface area contributed by atoms with Crippen molar-refractivity contribution in [2.75, 3.05) is 5.32 Å². The molecule has 0 radical (unpaired) electrons. The van der Waals surface area contributed by atoms with Crippen LogP contribution < -0.4 is 5.32 Å². The third kappa shape index (κ3) is 1.93. The zero-order chi connectivity index (χ0) is 9.80. The minimum atomic E-state index is -0.249. The summed E-state index contributed by atoms with van der Waals surface area (Å²) in [4.78, 5) is 2.79. The monoisotopic (exact) mass is 190 g/mol. The van der Waals surface area contributed by atoms with Gasteiger partial charge in [0.25, 0.3) is 0 Å². The van der Waals surface area contributed by atoms with Gasteiger partial charge in [0.05, 0.1) is 0 Å². The maximum atomic E-state index is 13.0. The SMILES string of the molecule is Fc1cc[nH]c1NCc1ccccc1. The number of hydrogen-bond donors (Lipinski definition) is 2. The van der Waals surface area contributed by atoms with Crippen molar-refractivity contribution in [3.8, 4) is 0 Å². The van der Waals surface area contributed by atoms with E-state index in [4.69, 9.17) is 0 Å². The summed E-state index contributed by atoms with van der Waals surface area (Å²) in [6, 6.07) is 11.3. The van der Waals surface area contributed by atoms with Crippen molar-refractivity contribution in [1.29, 1.82) is 0 Å². The lowest BCUT2D eigenvalue weighted by atomic mass is 10.2. The number of aromatic nitrogens is 1. The Morgan fingerprint density at radius 3 is 2.57 bits per heavy atom. The Balaban J connectivity index is 1.99. The van der Waals surface area contributed by atoms with Crippen LogP contribution in [0.2, 0.25) is 0 Å². The average molecular weight is 190 g/mol. The van der Waals surface area contributed by atoms with Crippen LogP contribution >= 0.6 is 0 Å². The molecule has 0 aliphatic rings. The molecule has 2 rings (SSSR count). The lowest BCUT2D eigenvalue weighted by Gasteiger charge is -2.03. The van der Waals surface area contributed by atoms with Gasteiger partial charge in [-0.05, 0) is 11.6 Å². The van der Waals surface area contributed by atoms with Gasteiger partial charge >= 0.3 is 0 Å². The van der Waals surface area contributed by atoms with E-state index in [-0.39, 0.29) is 5.82 Å². The van der Waals surface area contributed by atoms with Gasteiger partial charge in [0.15, 0.2) is 5.82 Å². The molecular weight excluding hydrogens is 179 g/mol. The number of aromatic amines is 1. The number of rotatable bonds is 3. The van der Waals surface area contributed by atoms with Crippen LogP contribution in [0.1, 0.15) is 5.56 Å². The minimum absolute atomic E-state index is 0.249. The van der Waals surface area contributed by atoms with E-state index in [1.807, 2.05) is 30.3 Å². The summed E-state index contributed by atoms with van der Waals surface area (Å²) in [5, 5.41) is 2.98. The molecule has 0 unspecified atom stereocenters. The van der Waals surface area contributed by atoms with Gasteiger partial charge in [-0.2, -0.15) is 0 Å². The molecule has 72 valence electrons. The van der Waals surface area contributed by atoms with Crippen LogP contribution in [0, 0.1) is 5.82 Å². The largest absolute Gasteiger partial charge is 0.365 e. The first-order chi connectivity index (χ1) is 6.86. The first kappa shape index (κ1) is 8.81. The predicted molar refractivity (Wildman–Crippen MR) is 54.5 cm³/mol. The highest BCUT2D eigenvalue weighted by molar-refractivity contribution is 5.37. The number of benzene rings is 1. The molecule has 2 N–H and O–H groups in total. The number of anilines is 1. The number of halogens is 1. The molecule has 0 amide bonds. The van der Waals surface area contributed by atoms with Gasteiger partial charge in [-0.3, -0.25) is 0 Å². The number of H-pyrrole nitrogens is 1. The molecule has 0 saturated heterocycles. The van der Waals surface area contributed by atoms with Crippen LogP contribution in [-0.4, -0.2) is 4.98 Å². The molecule has 0 saturated carbocycles. The first-order valence-corrected chi connectivity index (χ1v) is 4.47. The molecule has 14 heavy (non-hydrogen) atoms. The second-order valence-corrected chi connectivity index (χ2v) is 3.04. The molecule has 0 fully saturated rings. The van der Waals surface area contributed by atoms with Crippen LogP contribution in [-0.2, 0) is 6.54 Å². The summed E-state index contributed by atoms with van der Waals surface area (Å²) in [6.07, 6.45) is 1.57. The molecule has 2 aromatic rings. The van der Waals surface area contributed by atoms with Crippen molar-refractivity contribution < 1.29 is 4.39 Å². The van der Waals surface area contributed by atoms with Gasteiger partial charge in [-0.15, -0.1) is 0 Å². The molecule has 0 aliphatic carbocycles. The van der Waals surface area contributed by atoms with Crippen LogP contribution in [0.5, 0.6) is 0 Å². The van der Waals surface area contributed by atoms with Gasteiger partial charge < -0.3 is 10.3 Å². The van der Waals surface area contributed by atoms with Crippen molar-refractivity contribution in [2.24, 2.45) is 0 Å². The van der Waals surface area contributed by atoms with Gasteiger partial charge in [0.2, 0.25) is 0 Å². The maximum absolute atomic E-state index is 13.0. The van der Waals surface area contributed by atoms with Crippen molar-refractivity contribution in [1.82, 2.24) is 4.98 Å². The van der Waals surface area contributed by atoms with Crippen molar-refractivity contribution >= 4 is 5.82 Å². The van der Waals surface area contributed by atoms with Crippen LogP contribution in [0.25, 0.3) is 0 Å². The van der Waals surface area contributed by atoms with E-state index in [1.54, 1.807) is 6.20 Å². The molecule has 0 atom stereocenters. The average Bonchev–Trinajstić information content (AvgIpc) is 2.63. The second-order valence-electron chi connectivity index (χ2n) is 3.04. The summed E-state index contributed by atoms with van der Waals surface area (Å²) in [7, 11) is 0. The summed E-state index contributed by atoms with van der Waals surface area (Å²) in [6.45, 7) is 0.623.